The van der Waals surface area contributed by atoms with Crippen molar-refractivity contribution in [2.45, 2.75) is 74.3 Å². The van der Waals surface area contributed by atoms with Crippen molar-refractivity contribution < 1.29 is 10.2 Å². The molecule has 0 spiro atoms. The van der Waals surface area contributed by atoms with Gasteiger partial charge in [0.1, 0.15) is 0 Å². The van der Waals surface area contributed by atoms with Crippen LogP contribution in [0.2, 0.25) is 0 Å². The molecule has 4 heteroatoms. The van der Waals surface area contributed by atoms with Crippen LogP contribution in [0.1, 0.15) is 52.9 Å². The molecular weight excluding hydrogens is 328 g/mol. The minimum absolute atomic E-state index is 0.218. The molecule has 1 rings (SSSR count). The molecule has 2 nitrogen and oxygen atoms in total. The fourth-order valence-corrected chi connectivity index (χ4v) is 3.55. The fraction of sp³-hybridized carbons (Fsp3) is 0.867. The summed E-state index contributed by atoms with van der Waals surface area (Å²) in [6.07, 6.45) is 3.32. The van der Waals surface area contributed by atoms with Gasteiger partial charge in [0.25, 0.3) is 0 Å². The molecule has 1 fully saturated rings. The second-order valence-corrected chi connectivity index (χ2v) is 8.44. The Kier molecular flexibility index (Phi) is 5.95. The van der Waals surface area contributed by atoms with E-state index in [2.05, 4.69) is 22.5 Å². The van der Waals surface area contributed by atoms with E-state index in [1.165, 1.54) is 0 Å². The molecule has 0 bridgehead atoms. The average Bonchev–Trinajstić information content (AvgIpc) is 2.29. The minimum atomic E-state index is -0.754. The molecule has 0 amide bonds. The first-order valence-corrected chi connectivity index (χ1v) is 8.24. The molecule has 19 heavy (non-hydrogen) atoms. The Bertz CT molecular complexity index is 328. The summed E-state index contributed by atoms with van der Waals surface area (Å²) in [6, 6.07) is 0. The van der Waals surface area contributed by atoms with E-state index in [-0.39, 0.29) is 15.6 Å². The van der Waals surface area contributed by atoms with Crippen LogP contribution in [0, 0.1) is 5.92 Å². The second kappa shape index (κ2) is 6.46. The quantitative estimate of drug-likeness (QED) is 0.579. The normalized spacial score (nSPS) is 36.6. The van der Waals surface area contributed by atoms with Crippen LogP contribution in [0.3, 0.4) is 0 Å². The number of halogens is 2. The van der Waals surface area contributed by atoms with E-state index >= 15 is 0 Å². The lowest BCUT2D eigenvalue weighted by atomic mass is 9.72. The van der Waals surface area contributed by atoms with Gasteiger partial charge in [-0.15, -0.1) is 11.6 Å². The van der Waals surface area contributed by atoms with Gasteiger partial charge in [0.2, 0.25) is 0 Å². The number of hydrogen-bond donors (Lipinski definition) is 2. The van der Waals surface area contributed by atoms with Crippen LogP contribution in [-0.2, 0) is 0 Å². The Morgan fingerprint density at radius 3 is 2.68 bits per heavy atom. The summed E-state index contributed by atoms with van der Waals surface area (Å²) in [6.45, 7) is 9.48. The van der Waals surface area contributed by atoms with Crippen LogP contribution in [-0.4, -0.2) is 31.6 Å². The SMILES string of the molecule is C=C(C)C(O)CCC(C)(O)C1CCC(C)(Cl)C(Br)C1. The Balaban J connectivity index is 2.56. The predicted octanol–water partition coefficient (Wildman–Crippen LogP) is 4.02. The molecule has 2 N–H and O–H groups in total. The van der Waals surface area contributed by atoms with Crippen molar-refractivity contribution >= 4 is 27.5 Å². The first kappa shape index (κ1) is 17.5. The standard InChI is InChI=1S/C15H26BrClO2/c1-10(2)12(18)6-8-15(4,19)11-5-7-14(3,17)13(16)9-11/h11-13,18-19H,1,5-9H2,2-4H3. The van der Waals surface area contributed by atoms with E-state index in [0.717, 1.165) is 24.8 Å². The van der Waals surface area contributed by atoms with Crippen molar-refractivity contribution in [2.75, 3.05) is 0 Å². The lowest BCUT2D eigenvalue weighted by Gasteiger charge is -2.43. The van der Waals surface area contributed by atoms with E-state index in [9.17, 15) is 10.2 Å². The van der Waals surface area contributed by atoms with Gasteiger partial charge in [-0.3, -0.25) is 0 Å². The molecule has 0 heterocycles. The van der Waals surface area contributed by atoms with Crippen molar-refractivity contribution in [1.82, 2.24) is 0 Å². The van der Waals surface area contributed by atoms with E-state index in [0.29, 0.717) is 12.8 Å². The summed E-state index contributed by atoms with van der Waals surface area (Å²) in [7, 11) is 0. The molecule has 0 radical (unpaired) electrons. The van der Waals surface area contributed by atoms with Gasteiger partial charge in [0.05, 0.1) is 16.6 Å². The third-order valence-corrected chi connectivity index (χ3v) is 6.60. The van der Waals surface area contributed by atoms with Crippen molar-refractivity contribution in [1.29, 1.82) is 0 Å². The molecule has 112 valence electrons. The second-order valence-electron chi connectivity index (χ2n) is 6.47. The maximum absolute atomic E-state index is 10.7. The minimum Gasteiger partial charge on any atom is -0.390 e. The average molecular weight is 354 g/mol. The van der Waals surface area contributed by atoms with Crippen molar-refractivity contribution in [3.8, 4) is 0 Å². The molecule has 1 aliphatic rings. The van der Waals surface area contributed by atoms with Gasteiger partial charge in [-0.2, -0.15) is 0 Å². The summed E-state index contributed by atoms with van der Waals surface area (Å²) >= 11 is 10.1. The smallest absolute Gasteiger partial charge is 0.0745 e. The molecule has 1 saturated carbocycles. The summed E-state index contributed by atoms with van der Waals surface area (Å²) in [5, 5.41) is 20.4. The molecule has 0 aliphatic heterocycles. The van der Waals surface area contributed by atoms with Crippen LogP contribution in [0.25, 0.3) is 0 Å². The molecule has 0 saturated heterocycles. The first-order chi connectivity index (χ1) is 8.56. The van der Waals surface area contributed by atoms with Gasteiger partial charge in [-0.1, -0.05) is 28.1 Å². The lowest BCUT2D eigenvalue weighted by Crippen LogP contribution is -2.45. The summed E-state index contributed by atoms with van der Waals surface area (Å²) in [4.78, 5) is 0.00188. The van der Waals surface area contributed by atoms with E-state index in [1.54, 1.807) is 0 Å². The zero-order valence-electron chi connectivity index (χ0n) is 12.1. The summed E-state index contributed by atoms with van der Waals surface area (Å²) < 4.78 is 0. The number of alkyl halides is 2. The molecule has 0 aromatic rings. The Morgan fingerprint density at radius 1 is 1.63 bits per heavy atom. The largest absolute Gasteiger partial charge is 0.390 e. The lowest BCUT2D eigenvalue weighted by molar-refractivity contribution is -0.0326. The topological polar surface area (TPSA) is 40.5 Å². The van der Waals surface area contributed by atoms with Crippen molar-refractivity contribution in [3.63, 3.8) is 0 Å². The molecular formula is C15H26BrClO2. The maximum Gasteiger partial charge on any atom is 0.0745 e. The number of hydrogen-bond acceptors (Lipinski definition) is 2. The Morgan fingerprint density at radius 2 is 2.21 bits per heavy atom. The summed E-state index contributed by atoms with van der Waals surface area (Å²) in [5.41, 5.74) is 0.00156. The van der Waals surface area contributed by atoms with Gasteiger partial charge < -0.3 is 10.2 Å². The molecule has 5 atom stereocenters. The van der Waals surface area contributed by atoms with Gasteiger partial charge in [-0.25, -0.2) is 0 Å². The number of rotatable bonds is 5. The van der Waals surface area contributed by atoms with Gasteiger partial charge in [0, 0.05) is 4.83 Å². The molecule has 1 aliphatic carbocycles. The van der Waals surface area contributed by atoms with Crippen molar-refractivity contribution in [2.24, 2.45) is 5.92 Å². The van der Waals surface area contributed by atoms with E-state index in [4.69, 9.17) is 11.6 Å². The Labute approximate surface area is 130 Å². The zero-order valence-corrected chi connectivity index (χ0v) is 14.5. The van der Waals surface area contributed by atoms with E-state index < -0.39 is 11.7 Å². The monoisotopic (exact) mass is 352 g/mol. The first-order valence-electron chi connectivity index (χ1n) is 6.95. The molecule has 0 aromatic carbocycles. The van der Waals surface area contributed by atoms with Crippen LogP contribution < -0.4 is 0 Å². The van der Waals surface area contributed by atoms with Crippen molar-refractivity contribution in [3.05, 3.63) is 12.2 Å². The van der Waals surface area contributed by atoms with Crippen LogP contribution in [0.5, 0.6) is 0 Å². The van der Waals surface area contributed by atoms with Crippen LogP contribution in [0.15, 0.2) is 12.2 Å². The van der Waals surface area contributed by atoms with Gasteiger partial charge in [-0.05, 0) is 58.8 Å². The predicted molar refractivity (Wildman–Crippen MR) is 85.0 cm³/mol. The van der Waals surface area contributed by atoms with Gasteiger partial charge >= 0.3 is 0 Å². The van der Waals surface area contributed by atoms with Gasteiger partial charge in [0.15, 0.2) is 0 Å². The highest BCUT2D eigenvalue weighted by Crippen LogP contribution is 2.45. The highest BCUT2D eigenvalue weighted by Gasteiger charge is 2.43. The highest BCUT2D eigenvalue weighted by atomic mass is 79.9. The summed E-state index contributed by atoms with van der Waals surface area (Å²) in [5.74, 6) is 0.223. The Hall–Kier alpha value is 0.430. The van der Waals surface area contributed by atoms with E-state index in [1.807, 2.05) is 20.8 Å². The molecule has 5 unspecified atom stereocenters. The third-order valence-electron chi connectivity index (χ3n) is 4.50. The number of aliphatic hydroxyl groups excluding tert-OH is 1. The molecule has 0 aromatic heterocycles. The third kappa shape index (κ3) is 4.73. The van der Waals surface area contributed by atoms with Crippen LogP contribution in [0.4, 0.5) is 0 Å². The number of aliphatic hydroxyl groups is 2. The zero-order chi connectivity index (χ0) is 14.8. The highest BCUT2D eigenvalue weighted by molar-refractivity contribution is 9.09. The maximum atomic E-state index is 10.7. The van der Waals surface area contributed by atoms with Crippen LogP contribution >= 0.6 is 27.5 Å². The fourth-order valence-electron chi connectivity index (χ4n) is 2.67.